The van der Waals surface area contributed by atoms with Gasteiger partial charge < -0.3 is 29.9 Å². The lowest BCUT2D eigenvalue weighted by Gasteiger charge is -2.28. The monoisotopic (exact) mass is 1100 g/mol. The molecule has 0 fully saturated rings. The van der Waals surface area contributed by atoms with Crippen molar-refractivity contribution in [2.45, 2.75) is 209 Å². The number of rotatable bonds is 0. The van der Waals surface area contributed by atoms with Gasteiger partial charge in [-0.1, -0.05) is 216 Å². The van der Waals surface area contributed by atoms with E-state index >= 15 is 0 Å². The zero-order valence-electron chi connectivity index (χ0n) is 52.4. The SMILES string of the molecule is CC(C)(C)c1cc2c(O)c(c1)Cc1cc(C(C)(C)C)cc3c1OCc1cccc(c1C#N)COc1c(cc(C(C)(C)C)cc1Cc1cc(C(C)(C)C)cc(c1O)Cc1cc(C(C)(C)C)cc(c1O)C3)Cc1cc(C(C)(C)C)cc(c1O)C2. The fourth-order valence-corrected chi connectivity index (χ4v) is 11.7. The zero-order valence-corrected chi connectivity index (χ0v) is 52.4. The molecule has 7 heteroatoms. The van der Waals surface area contributed by atoms with Crippen LogP contribution in [0.1, 0.15) is 241 Å². The number of hydrogen-bond donors (Lipinski definition) is 4. The Morgan fingerprint density at radius 2 is 0.488 bits per heavy atom. The fourth-order valence-electron chi connectivity index (χ4n) is 11.7. The summed E-state index contributed by atoms with van der Waals surface area (Å²) in [6, 6.07) is 34.1. The van der Waals surface area contributed by atoms with Crippen LogP contribution in [0.25, 0.3) is 0 Å². The lowest BCUT2D eigenvalue weighted by Crippen LogP contribution is -2.16. The third-order valence-corrected chi connectivity index (χ3v) is 17.1. The molecule has 0 saturated heterocycles. The number of fused-ring (bicyclic) bond motifs is 10. The molecule has 7 aromatic rings. The lowest BCUT2D eigenvalue weighted by atomic mass is 9.79. The van der Waals surface area contributed by atoms with Crippen LogP contribution in [0.4, 0.5) is 0 Å². The Hall–Kier alpha value is -7.17. The second-order valence-corrected chi connectivity index (χ2v) is 30.0. The van der Waals surface area contributed by atoms with Crippen molar-refractivity contribution in [1.82, 2.24) is 0 Å². The highest BCUT2D eigenvalue weighted by Crippen LogP contribution is 2.46. The standard InChI is InChI=1S/C75H89NO6/c1-70(2,3)57-28-45-22-46-29-58(71(4,5)6)33-50(65(46)78)25-55-38-62(75(16,17)18)39-56-27-52-35-60(73(10,11)12)31-48(67(52)80)23-47-30-59(72(7,8)9)34-51(66(47)79)26-54-37-61(74(13,14)15)36-53(24-49(32-57)64(45)77)68(54)81-41-43-20-19-21-44(63(43)40-76)42-82-69(55)56/h19-21,28-39,77-80H,22-27,41-42H2,1-18H3. The predicted molar refractivity (Wildman–Crippen MR) is 334 cm³/mol. The molecule has 2 aliphatic rings. The van der Waals surface area contributed by atoms with Crippen LogP contribution in [0.5, 0.6) is 34.5 Å². The van der Waals surface area contributed by atoms with Crippen LogP contribution in [0.2, 0.25) is 0 Å². The first-order valence-electron chi connectivity index (χ1n) is 29.5. The van der Waals surface area contributed by atoms with E-state index in [4.69, 9.17) is 9.47 Å². The molecule has 0 amide bonds. The van der Waals surface area contributed by atoms with E-state index in [1.165, 1.54) is 0 Å². The zero-order chi connectivity index (χ0) is 60.0. The molecule has 0 unspecified atom stereocenters. The van der Waals surface area contributed by atoms with Gasteiger partial charge in [-0.05, 0) is 133 Å². The first-order chi connectivity index (χ1) is 38.0. The van der Waals surface area contributed by atoms with Crippen molar-refractivity contribution in [1.29, 1.82) is 5.26 Å². The molecule has 0 radical (unpaired) electrons. The largest absolute Gasteiger partial charge is 0.507 e. The number of phenolic OH excluding ortho intramolecular Hbond substituents is 4. The molecule has 0 atom stereocenters. The summed E-state index contributed by atoms with van der Waals surface area (Å²) in [7, 11) is 0. The van der Waals surface area contributed by atoms with Gasteiger partial charge in [0.2, 0.25) is 0 Å². The van der Waals surface area contributed by atoms with Gasteiger partial charge in [0.15, 0.2) is 0 Å². The van der Waals surface area contributed by atoms with E-state index in [2.05, 4.69) is 203 Å². The Morgan fingerprint density at radius 1 is 0.305 bits per heavy atom. The molecule has 0 aliphatic carbocycles. The van der Waals surface area contributed by atoms with Gasteiger partial charge in [-0.25, -0.2) is 0 Å². The van der Waals surface area contributed by atoms with Crippen LogP contribution in [-0.4, -0.2) is 20.4 Å². The van der Waals surface area contributed by atoms with Crippen molar-refractivity contribution < 1.29 is 29.9 Å². The van der Waals surface area contributed by atoms with Crippen molar-refractivity contribution >= 4 is 0 Å². The second kappa shape index (κ2) is 21.2. The van der Waals surface area contributed by atoms with Crippen molar-refractivity contribution in [3.05, 3.63) is 208 Å². The highest BCUT2D eigenvalue weighted by atomic mass is 16.5. The van der Waals surface area contributed by atoms with Gasteiger partial charge in [-0.15, -0.1) is 0 Å². The minimum Gasteiger partial charge on any atom is -0.507 e. The Morgan fingerprint density at radius 3 is 0.671 bits per heavy atom. The summed E-state index contributed by atoms with van der Waals surface area (Å²) >= 11 is 0. The summed E-state index contributed by atoms with van der Waals surface area (Å²) in [6.07, 6.45) is 1.73. The number of phenols is 4. The van der Waals surface area contributed by atoms with Crippen LogP contribution >= 0.6 is 0 Å². The Kier molecular flexibility index (Phi) is 15.4. The number of nitriles is 1. The number of ether oxygens (including phenoxy) is 2. The van der Waals surface area contributed by atoms with Gasteiger partial charge in [0.25, 0.3) is 0 Å². The maximum Gasteiger partial charge on any atom is 0.126 e. The van der Waals surface area contributed by atoms with Crippen molar-refractivity contribution in [3.8, 4) is 40.6 Å². The molecule has 2 aliphatic heterocycles. The Bertz CT molecular complexity index is 3270. The van der Waals surface area contributed by atoms with E-state index in [0.29, 0.717) is 76.1 Å². The average Bonchev–Trinajstić information content (AvgIpc) is 3.45. The van der Waals surface area contributed by atoms with E-state index in [1.807, 2.05) is 18.2 Å². The maximum atomic E-state index is 12.9. The fraction of sp³-hybridized carbons (Fsp3) is 0.427. The molecule has 12 bridgehead atoms. The van der Waals surface area contributed by atoms with Crippen molar-refractivity contribution in [2.75, 3.05) is 0 Å². The molecule has 4 N–H and O–H groups in total. The molecule has 0 spiro atoms. The van der Waals surface area contributed by atoms with Gasteiger partial charge in [-0.3, -0.25) is 0 Å². The number of benzene rings is 7. The van der Waals surface area contributed by atoms with Gasteiger partial charge >= 0.3 is 0 Å². The minimum absolute atomic E-state index is 0.0645. The molecule has 0 aromatic heterocycles. The highest BCUT2D eigenvalue weighted by molar-refractivity contribution is 5.61. The van der Waals surface area contributed by atoms with Crippen molar-refractivity contribution in [2.24, 2.45) is 0 Å². The van der Waals surface area contributed by atoms with E-state index in [0.717, 1.165) is 77.9 Å². The summed E-state index contributed by atoms with van der Waals surface area (Å²) in [4.78, 5) is 0. The highest BCUT2D eigenvalue weighted by Gasteiger charge is 2.31. The second-order valence-electron chi connectivity index (χ2n) is 30.0. The first-order valence-corrected chi connectivity index (χ1v) is 29.5. The van der Waals surface area contributed by atoms with E-state index in [1.54, 1.807) is 0 Å². The third-order valence-electron chi connectivity index (χ3n) is 17.1. The normalized spacial score (nSPS) is 14.5. The van der Waals surface area contributed by atoms with Gasteiger partial charge in [0.05, 0.1) is 11.6 Å². The summed E-state index contributed by atoms with van der Waals surface area (Å²) in [6.45, 7) is 39.6. The average molecular weight is 1100 g/mol. The summed E-state index contributed by atoms with van der Waals surface area (Å²) in [5.74, 6) is 1.86. The maximum absolute atomic E-state index is 12.9. The lowest BCUT2D eigenvalue weighted by molar-refractivity contribution is 0.293. The van der Waals surface area contributed by atoms with Gasteiger partial charge in [-0.2, -0.15) is 5.26 Å². The summed E-state index contributed by atoms with van der Waals surface area (Å²) < 4.78 is 14.5. The van der Waals surface area contributed by atoms with Crippen LogP contribution in [0, 0.1) is 11.3 Å². The smallest absolute Gasteiger partial charge is 0.126 e. The summed E-state index contributed by atoms with van der Waals surface area (Å²) in [5.41, 5.74) is 15.4. The van der Waals surface area contributed by atoms with Crippen LogP contribution in [-0.2, 0) is 84.2 Å². The molecule has 0 saturated carbocycles. The van der Waals surface area contributed by atoms with Gasteiger partial charge in [0, 0.05) is 49.7 Å². The third kappa shape index (κ3) is 12.3. The minimum atomic E-state index is -0.325. The molecule has 430 valence electrons. The Labute approximate surface area is 490 Å². The number of hydrogen-bond acceptors (Lipinski definition) is 7. The molecule has 7 aromatic carbocycles. The molecule has 82 heavy (non-hydrogen) atoms. The molecular weight excluding hydrogens is 1010 g/mol. The Balaban J connectivity index is 1.47. The molecule has 7 nitrogen and oxygen atoms in total. The number of nitrogens with zero attached hydrogens (tertiary/aromatic N) is 1. The molecule has 9 rings (SSSR count). The van der Waals surface area contributed by atoms with Crippen LogP contribution < -0.4 is 9.47 Å². The van der Waals surface area contributed by atoms with Crippen molar-refractivity contribution in [3.63, 3.8) is 0 Å². The molecule has 2 heterocycles. The van der Waals surface area contributed by atoms with Crippen LogP contribution in [0.3, 0.4) is 0 Å². The molecular formula is C75H89NO6. The van der Waals surface area contributed by atoms with Gasteiger partial charge in [0.1, 0.15) is 47.7 Å². The summed E-state index contributed by atoms with van der Waals surface area (Å²) in [5, 5.41) is 62.8. The number of aromatic hydroxyl groups is 4. The van der Waals surface area contributed by atoms with Crippen LogP contribution in [0.15, 0.2) is 91.0 Å². The van der Waals surface area contributed by atoms with E-state index < -0.39 is 0 Å². The predicted octanol–water partition coefficient (Wildman–Crippen LogP) is 17.5. The van der Waals surface area contributed by atoms with E-state index in [9.17, 15) is 25.7 Å². The quantitative estimate of drug-likeness (QED) is 0.119. The van der Waals surface area contributed by atoms with E-state index in [-0.39, 0.29) is 81.5 Å². The topological polar surface area (TPSA) is 123 Å². The first kappa shape index (κ1) is 59.5.